The van der Waals surface area contributed by atoms with Crippen molar-refractivity contribution in [3.63, 3.8) is 0 Å². The minimum absolute atomic E-state index is 0.140. The summed E-state index contributed by atoms with van der Waals surface area (Å²) < 4.78 is 0. The van der Waals surface area contributed by atoms with Gasteiger partial charge in [-0.1, -0.05) is 24.5 Å². The molecule has 1 fully saturated rings. The fraction of sp³-hybridized carbons (Fsp3) is 0.471. The highest BCUT2D eigenvalue weighted by Crippen LogP contribution is 2.27. The molecule has 2 aromatic rings. The highest BCUT2D eigenvalue weighted by Gasteiger charge is 2.16. The Morgan fingerprint density at radius 3 is 2.62 bits per heavy atom. The number of pyridine rings is 1. The van der Waals surface area contributed by atoms with Gasteiger partial charge in [0.1, 0.15) is 5.75 Å². The van der Waals surface area contributed by atoms with Gasteiger partial charge in [-0.15, -0.1) is 0 Å². The predicted octanol–water partition coefficient (Wildman–Crippen LogP) is 2.92. The number of fused-ring (bicyclic) bond motifs is 1. The van der Waals surface area contributed by atoms with E-state index in [4.69, 9.17) is 0 Å². The largest absolute Gasteiger partial charge is 0.507 e. The van der Waals surface area contributed by atoms with Crippen LogP contribution in [0.15, 0.2) is 23.0 Å². The van der Waals surface area contributed by atoms with E-state index in [-0.39, 0.29) is 11.3 Å². The predicted molar refractivity (Wildman–Crippen MR) is 84.7 cm³/mol. The van der Waals surface area contributed by atoms with E-state index in [1.54, 1.807) is 0 Å². The molecule has 0 bridgehead atoms. The zero-order chi connectivity index (χ0) is 14.8. The molecule has 2 N–H and O–H groups in total. The number of H-pyrrole nitrogens is 1. The molecule has 1 aliphatic heterocycles. The van der Waals surface area contributed by atoms with E-state index >= 15 is 0 Å². The lowest BCUT2D eigenvalue weighted by Crippen LogP contribution is -2.28. The Hall–Kier alpha value is -1.81. The summed E-state index contributed by atoms with van der Waals surface area (Å²) in [4.78, 5) is 17.4. The van der Waals surface area contributed by atoms with E-state index in [0.717, 1.165) is 24.0 Å². The molecule has 112 valence electrons. The van der Waals surface area contributed by atoms with Crippen molar-refractivity contribution in [2.45, 2.75) is 39.2 Å². The molecular weight excluding hydrogens is 264 g/mol. The lowest BCUT2D eigenvalue weighted by Gasteiger charge is -2.20. The van der Waals surface area contributed by atoms with Gasteiger partial charge in [0, 0.05) is 11.9 Å². The van der Waals surface area contributed by atoms with Crippen molar-refractivity contribution in [3.05, 3.63) is 39.7 Å². The quantitative estimate of drug-likeness (QED) is 0.892. The van der Waals surface area contributed by atoms with Gasteiger partial charge < -0.3 is 10.1 Å². The van der Waals surface area contributed by atoms with E-state index in [1.807, 2.05) is 25.1 Å². The van der Waals surface area contributed by atoms with E-state index < -0.39 is 0 Å². The molecule has 0 spiro atoms. The van der Waals surface area contributed by atoms with Gasteiger partial charge in [0.15, 0.2) is 0 Å². The van der Waals surface area contributed by atoms with Crippen LogP contribution in [0.4, 0.5) is 0 Å². The lowest BCUT2D eigenvalue weighted by atomic mass is 10.1. The van der Waals surface area contributed by atoms with E-state index in [0.29, 0.717) is 17.6 Å². The minimum atomic E-state index is -0.173. The maximum absolute atomic E-state index is 12.3. The van der Waals surface area contributed by atoms with Gasteiger partial charge >= 0.3 is 0 Å². The third kappa shape index (κ3) is 2.95. The Kier molecular flexibility index (Phi) is 3.97. The van der Waals surface area contributed by atoms with Crippen LogP contribution < -0.4 is 5.56 Å². The summed E-state index contributed by atoms with van der Waals surface area (Å²) in [5.74, 6) is 0.140. The maximum Gasteiger partial charge on any atom is 0.256 e. The zero-order valence-corrected chi connectivity index (χ0v) is 12.5. The number of aryl methyl sites for hydroxylation is 1. The van der Waals surface area contributed by atoms with Crippen LogP contribution in [0.25, 0.3) is 10.9 Å². The van der Waals surface area contributed by atoms with Crippen LogP contribution in [-0.2, 0) is 6.54 Å². The number of aromatic amines is 1. The summed E-state index contributed by atoms with van der Waals surface area (Å²) in [5.41, 5.74) is 2.09. The van der Waals surface area contributed by atoms with Crippen LogP contribution in [0.3, 0.4) is 0 Å². The van der Waals surface area contributed by atoms with Crippen molar-refractivity contribution < 1.29 is 5.11 Å². The van der Waals surface area contributed by atoms with Crippen molar-refractivity contribution in [2.75, 3.05) is 13.1 Å². The molecule has 1 aromatic carbocycles. The first-order valence-corrected chi connectivity index (χ1v) is 7.72. The summed E-state index contributed by atoms with van der Waals surface area (Å²) in [7, 11) is 0. The molecule has 21 heavy (non-hydrogen) atoms. The summed E-state index contributed by atoms with van der Waals surface area (Å²) in [6.07, 6.45) is 4.86. The maximum atomic E-state index is 12.3. The van der Waals surface area contributed by atoms with E-state index in [1.165, 1.54) is 25.7 Å². The third-order valence-corrected chi connectivity index (χ3v) is 4.32. The molecule has 1 saturated heterocycles. The molecule has 1 aliphatic rings. The second-order valence-corrected chi connectivity index (χ2v) is 6.02. The van der Waals surface area contributed by atoms with Crippen LogP contribution in [0, 0.1) is 6.92 Å². The minimum Gasteiger partial charge on any atom is -0.507 e. The molecule has 1 aromatic heterocycles. The first-order chi connectivity index (χ1) is 10.1. The van der Waals surface area contributed by atoms with Crippen LogP contribution in [-0.4, -0.2) is 28.1 Å². The van der Waals surface area contributed by atoms with Crippen molar-refractivity contribution >= 4 is 10.9 Å². The second-order valence-electron chi connectivity index (χ2n) is 6.02. The fourth-order valence-electron chi connectivity index (χ4n) is 3.10. The van der Waals surface area contributed by atoms with Crippen molar-refractivity contribution in [1.82, 2.24) is 9.88 Å². The van der Waals surface area contributed by atoms with Gasteiger partial charge in [0.2, 0.25) is 0 Å². The molecular formula is C17H22N2O2. The number of aromatic nitrogens is 1. The smallest absolute Gasteiger partial charge is 0.256 e. The van der Waals surface area contributed by atoms with Gasteiger partial charge in [-0.3, -0.25) is 9.69 Å². The Bertz CT molecular complexity index is 698. The average Bonchev–Trinajstić information content (AvgIpc) is 2.73. The number of hydrogen-bond acceptors (Lipinski definition) is 3. The highest BCUT2D eigenvalue weighted by molar-refractivity contribution is 5.86. The molecule has 4 nitrogen and oxygen atoms in total. The Labute approximate surface area is 124 Å². The highest BCUT2D eigenvalue weighted by atomic mass is 16.3. The monoisotopic (exact) mass is 286 g/mol. The molecule has 0 aliphatic carbocycles. The Morgan fingerprint density at radius 2 is 1.90 bits per heavy atom. The SMILES string of the molecule is Cc1ccc2[nH]c(=O)c(CN3CCCCCC3)c(O)c2c1. The standard InChI is InChI=1S/C17H22N2O2/c1-12-6-7-15-13(10-12)16(20)14(17(21)18-15)11-19-8-4-2-3-5-9-19/h6-7,10H,2-5,8-9,11H2,1H3,(H2,18,20,21). The number of aromatic hydroxyl groups is 1. The molecule has 0 radical (unpaired) electrons. The van der Waals surface area contributed by atoms with Gasteiger partial charge in [0.05, 0.1) is 11.1 Å². The summed E-state index contributed by atoms with van der Waals surface area (Å²) in [5, 5.41) is 11.2. The van der Waals surface area contributed by atoms with Crippen LogP contribution >= 0.6 is 0 Å². The Balaban J connectivity index is 1.99. The number of benzene rings is 1. The third-order valence-electron chi connectivity index (χ3n) is 4.32. The van der Waals surface area contributed by atoms with Crippen LogP contribution in [0.2, 0.25) is 0 Å². The number of rotatable bonds is 2. The van der Waals surface area contributed by atoms with E-state index in [9.17, 15) is 9.90 Å². The average molecular weight is 286 g/mol. The molecule has 0 saturated carbocycles. The Morgan fingerprint density at radius 1 is 1.19 bits per heavy atom. The summed E-state index contributed by atoms with van der Waals surface area (Å²) >= 11 is 0. The second kappa shape index (κ2) is 5.90. The van der Waals surface area contributed by atoms with E-state index in [2.05, 4.69) is 9.88 Å². The van der Waals surface area contributed by atoms with Crippen molar-refractivity contribution in [2.24, 2.45) is 0 Å². The number of hydrogen-bond donors (Lipinski definition) is 2. The van der Waals surface area contributed by atoms with Crippen molar-refractivity contribution in [3.8, 4) is 5.75 Å². The number of nitrogens with zero attached hydrogens (tertiary/aromatic N) is 1. The summed E-state index contributed by atoms with van der Waals surface area (Å²) in [6, 6.07) is 5.71. The van der Waals surface area contributed by atoms with Gasteiger partial charge in [-0.25, -0.2) is 0 Å². The molecule has 0 atom stereocenters. The molecule has 3 rings (SSSR count). The topological polar surface area (TPSA) is 56.3 Å². The molecule has 2 heterocycles. The van der Waals surface area contributed by atoms with Crippen LogP contribution in [0.5, 0.6) is 5.75 Å². The normalized spacial score (nSPS) is 17.0. The van der Waals surface area contributed by atoms with Crippen molar-refractivity contribution in [1.29, 1.82) is 0 Å². The number of likely N-dealkylation sites (tertiary alicyclic amines) is 1. The van der Waals surface area contributed by atoms with Gasteiger partial charge in [-0.2, -0.15) is 0 Å². The summed E-state index contributed by atoms with van der Waals surface area (Å²) in [6.45, 7) is 4.53. The fourth-order valence-corrected chi connectivity index (χ4v) is 3.10. The number of nitrogens with one attached hydrogen (secondary N) is 1. The first kappa shape index (κ1) is 14.1. The first-order valence-electron chi connectivity index (χ1n) is 7.72. The zero-order valence-electron chi connectivity index (χ0n) is 12.5. The van der Waals surface area contributed by atoms with Crippen LogP contribution in [0.1, 0.15) is 36.8 Å². The molecule has 4 heteroatoms. The van der Waals surface area contributed by atoms with Gasteiger partial charge in [0.25, 0.3) is 5.56 Å². The van der Waals surface area contributed by atoms with Gasteiger partial charge in [-0.05, 0) is 45.0 Å². The molecule has 0 amide bonds. The molecule has 0 unspecified atom stereocenters. The lowest BCUT2D eigenvalue weighted by molar-refractivity contribution is 0.272.